The van der Waals surface area contributed by atoms with Crippen molar-refractivity contribution in [2.24, 2.45) is 17.8 Å². The number of hydrogen-bond donors (Lipinski definition) is 0. The predicted molar refractivity (Wildman–Crippen MR) is 82.1 cm³/mol. The van der Waals surface area contributed by atoms with Gasteiger partial charge in [-0.3, -0.25) is 0 Å². The number of benzene rings is 1. The Kier molecular flexibility index (Phi) is 3.85. The van der Waals surface area contributed by atoms with Crippen LogP contribution in [0.3, 0.4) is 0 Å². The number of rotatable bonds is 5. The SMILES string of the molecule is COc1ccc(C(Br)C2C3CCCC32)c(OC)c1OC. The first-order valence-electron chi connectivity index (χ1n) is 7.15. The molecule has 20 heavy (non-hydrogen) atoms. The molecule has 3 nitrogen and oxygen atoms in total. The molecule has 0 aromatic heterocycles. The Labute approximate surface area is 128 Å². The third-order valence-electron chi connectivity index (χ3n) is 4.84. The van der Waals surface area contributed by atoms with Gasteiger partial charge in [0.1, 0.15) is 0 Å². The van der Waals surface area contributed by atoms with Crippen LogP contribution >= 0.6 is 15.9 Å². The standard InChI is InChI=1S/C16H21BrO3/c1-18-12-8-7-11(15(19-2)16(12)20-3)14(17)13-9-5-4-6-10(9)13/h7-10,13-14H,4-6H2,1-3H3. The summed E-state index contributed by atoms with van der Waals surface area (Å²) in [6.45, 7) is 0. The number of halogens is 1. The molecule has 2 fully saturated rings. The van der Waals surface area contributed by atoms with Crippen LogP contribution in [0.4, 0.5) is 0 Å². The molecular weight excluding hydrogens is 320 g/mol. The van der Waals surface area contributed by atoms with E-state index in [9.17, 15) is 0 Å². The van der Waals surface area contributed by atoms with Gasteiger partial charge >= 0.3 is 0 Å². The Balaban J connectivity index is 1.92. The van der Waals surface area contributed by atoms with Crippen molar-refractivity contribution >= 4 is 15.9 Å². The van der Waals surface area contributed by atoms with Gasteiger partial charge in [-0.2, -0.15) is 0 Å². The normalized spacial score (nSPS) is 28.7. The minimum atomic E-state index is 0.340. The molecule has 0 N–H and O–H groups in total. The van der Waals surface area contributed by atoms with E-state index in [0.717, 1.165) is 23.5 Å². The molecule has 3 atom stereocenters. The van der Waals surface area contributed by atoms with Gasteiger partial charge in [-0.1, -0.05) is 28.4 Å². The predicted octanol–water partition coefficient (Wildman–Crippen LogP) is 4.19. The van der Waals surface area contributed by atoms with Gasteiger partial charge in [0.2, 0.25) is 5.75 Å². The molecular formula is C16H21BrO3. The van der Waals surface area contributed by atoms with Crippen molar-refractivity contribution in [3.63, 3.8) is 0 Å². The zero-order chi connectivity index (χ0) is 14.3. The van der Waals surface area contributed by atoms with E-state index in [1.165, 1.54) is 24.8 Å². The van der Waals surface area contributed by atoms with E-state index in [-0.39, 0.29) is 0 Å². The molecule has 2 saturated carbocycles. The minimum absolute atomic E-state index is 0.340. The maximum absolute atomic E-state index is 5.60. The fourth-order valence-electron chi connectivity index (χ4n) is 3.86. The van der Waals surface area contributed by atoms with Crippen molar-refractivity contribution < 1.29 is 14.2 Å². The van der Waals surface area contributed by atoms with Crippen molar-refractivity contribution in [3.8, 4) is 17.2 Å². The average Bonchev–Trinajstić information content (AvgIpc) is 2.96. The smallest absolute Gasteiger partial charge is 0.203 e. The van der Waals surface area contributed by atoms with Gasteiger partial charge < -0.3 is 14.2 Å². The Morgan fingerprint density at radius 1 is 1.00 bits per heavy atom. The highest BCUT2D eigenvalue weighted by molar-refractivity contribution is 9.09. The summed E-state index contributed by atoms with van der Waals surface area (Å²) in [5.74, 6) is 4.73. The molecule has 110 valence electrons. The largest absolute Gasteiger partial charge is 0.493 e. The summed E-state index contributed by atoms with van der Waals surface area (Å²) in [6.07, 6.45) is 4.16. The third-order valence-corrected chi connectivity index (χ3v) is 5.95. The molecule has 2 aliphatic carbocycles. The molecule has 3 rings (SSSR count). The van der Waals surface area contributed by atoms with E-state index in [1.807, 2.05) is 6.07 Å². The van der Waals surface area contributed by atoms with E-state index < -0.39 is 0 Å². The maximum Gasteiger partial charge on any atom is 0.203 e. The highest BCUT2D eigenvalue weighted by Crippen LogP contribution is 2.65. The molecule has 0 spiro atoms. The first-order valence-corrected chi connectivity index (χ1v) is 8.07. The Bertz CT molecular complexity index is 493. The molecule has 1 aromatic carbocycles. The summed E-state index contributed by atoms with van der Waals surface area (Å²) in [5.41, 5.74) is 1.17. The first-order chi connectivity index (χ1) is 9.72. The molecule has 2 aliphatic rings. The molecule has 0 saturated heterocycles. The van der Waals surface area contributed by atoms with Gasteiger partial charge in [-0.15, -0.1) is 0 Å². The Morgan fingerprint density at radius 3 is 2.20 bits per heavy atom. The van der Waals surface area contributed by atoms with E-state index in [1.54, 1.807) is 21.3 Å². The second-order valence-corrected chi connectivity index (χ2v) is 6.65. The first kappa shape index (κ1) is 14.1. The third kappa shape index (κ3) is 2.09. The number of ether oxygens (including phenoxy) is 3. The summed E-state index contributed by atoms with van der Waals surface area (Å²) < 4.78 is 16.4. The second kappa shape index (κ2) is 5.47. The monoisotopic (exact) mass is 340 g/mol. The van der Waals surface area contributed by atoms with Crippen LogP contribution < -0.4 is 14.2 Å². The number of alkyl halides is 1. The summed E-state index contributed by atoms with van der Waals surface area (Å²) in [4.78, 5) is 0.340. The molecule has 0 heterocycles. The lowest BCUT2D eigenvalue weighted by molar-refractivity contribution is 0.321. The van der Waals surface area contributed by atoms with Gasteiger partial charge in [-0.25, -0.2) is 0 Å². The van der Waals surface area contributed by atoms with Gasteiger partial charge in [0, 0.05) is 10.4 Å². The topological polar surface area (TPSA) is 27.7 Å². The molecule has 0 bridgehead atoms. The Morgan fingerprint density at radius 2 is 1.65 bits per heavy atom. The molecule has 4 heteroatoms. The molecule has 0 radical (unpaired) electrons. The zero-order valence-electron chi connectivity index (χ0n) is 12.2. The van der Waals surface area contributed by atoms with Crippen molar-refractivity contribution in [2.75, 3.05) is 21.3 Å². The lowest BCUT2D eigenvalue weighted by Crippen LogP contribution is -2.03. The van der Waals surface area contributed by atoms with Gasteiger partial charge in [0.15, 0.2) is 11.5 Å². The lowest BCUT2D eigenvalue weighted by Gasteiger charge is -2.19. The molecule has 3 unspecified atom stereocenters. The highest BCUT2D eigenvalue weighted by Gasteiger charge is 2.56. The van der Waals surface area contributed by atoms with Crippen LogP contribution in [0.5, 0.6) is 17.2 Å². The number of fused-ring (bicyclic) bond motifs is 1. The fraction of sp³-hybridized carbons (Fsp3) is 0.625. The van der Waals surface area contributed by atoms with Crippen LogP contribution in [0.25, 0.3) is 0 Å². The van der Waals surface area contributed by atoms with Crippen molar-refractivity contribution in [1.29, 1.82) is 0 Å². The van der Waals surface area contributed by atoms with Crippen LogP contribution in [0.2, 0.25) is 0 Å². The van der Waals surface area contributed by atoms with Crippen LogP contribution in [-0.2, 0) is 0 Å². The molecule has 0 amide bonds. The highest BCUT2D eigenvalue weighted by atomic mass is 79.9. The zero-order valence-corrected chi connectivity index (χ0v) is 13.8. The maximum atomic E-state index is 5.60. The second-order valence-electron chi connectivity index (χ2n) is 5.66. The lowest BCUT2D eigenvalue weighted by atomic mass is 10.0. The van der Waals surface area contributed by atoms with Gasteiger partial charge in [0.05, 0.1) is 21.3 Å². The van der Waals surface area contributed by atoms with Crippen molar-refractivity contribution in [3.05, 3.63) is 17.7 Å². The molecule has 1 aromatic rings. The Hall–Kier alpha value is -0.900. The van der Waals surface area contributed by atoms with E-state index >= 15 is 0 Å². The van der Waals surface area contributed by atoms with Crippen LogP contribution in [0.15, 0.2) is 12.1 Å². The van der Waals surface area contributed by atoms with Crippen LogP contribution in [0.1, 0.15) is 29.7 Å². The van der Waals surface area contributed by atoms with Crippen LogP contribution in [0, 0.1) is 17.8 Å². The fourth-order valence-corrected chi connectivity index (χ4v) is 5.00. The van der Waals surface area contributed by atoms with Gasteiger partial charge in [0.25, 0.3) is 0 Å². The summed E-state index contributed by atoms with van der Waals surface area (Å²) in [7, 11) is 4.99. The van der Waals surface area contributed by atoms with E-state index in [4.69, 9.17) is 14.2 Å². The summed E-state index contributed by atoms with van der Waals surface area (Å²) in [5, 5.41) is 0. The van der Waals surface area contributed by atoms with Crippen molar-refractivity contribution in [2.45, 2.75) is 24.1 Å². The number of methoxy groups -OCH3 is 3. The van der Waals surface area contributed by atoms with Crippen molar-refractivity contribution in [1.82, 2.24) is 0 Å². The summed E-state index contributed by atoms with van der Waals surface area (Å²) in [6, 6.07) is 4.05. The summed E-state index contributed by atoms with van der Waals surface area (Å²) >= 11 is 3.89. The average molecular weight is 341 g/mol. The van der Waals surface area contributed by atoms with Gasteiger partial charge in [-0.05, 0) is 36.7 Å². The number of hydrogen-bond acceptors (Lipinski definition) is 3. The quantitative estimate of drug-likeness (QED) is 0.752. The minimum Gasteiger partial charge on any atom is -0.493 e. The molecule has 0 aliphatic heterocycles. The van der Waals surface area contributed by atoms with Crippen LogP contribution in [-0.4, -0.2) is 21.3 Å². The van der Waals surface area contributed by atoms with E-state index in [0.29, 0.717) is 16.3 Å². The van der Waals surface area contributed by atoms with E-state index in [2.05, 4.69) is 22.0 Å².